The number of amides is 5. The van der Waals surface area contributed by atoms with Crippen molar-refractivity contribution < 1.29 is 76.6 Å². The maximum absolute atomic E-state index is 14.5. The molecule has 3 heterocycles. The number of unbranched alkanes of at least 4 members (excludes halogenated alkanes) is 2. The molecule has 0 unspecified atom stereocenters. The molecule has 5 amide bonds. The van der Waals surface area contributed by atoms with Crippen LogP contribution in [0, 0.1) is 23.7 Å². The number of urea groups is 1. The van der Waals surface area contributed by atoms with E-state index >= 15 is 0 Å². The van der Waals surface area contributed by atoms with Crippen LogP contribution in [-0.4, -0.2) is 136 Å². The monoisotopic (exact) mass is 1190 g/mol. The topological polar surface area (TPSA) is 290 Å². The van der Waals surface area contributed by atoms with Crippen LogP contribution in [0.3, 0.4) is 0 Å². The van der Waals surface area contributed by atoms with Gasteiger partial charge in [0, 0.05) is 75.5 Å². The maximum atomic E-state index is 14.5. The van der Waals surface area contributed by atoms with Crippen LogP contribution in [-0.2, 0) is 65.3 Å². The number of primary amides is 1. The Balaban J connectivity index is 1.33. The third kappa shape index (κ3) is 18.7. The Morgan fingerprint density at radius 3 is 2.35 bits per heavy atom. The Labute approximate surface area is 498 Å². The highest BCUT2D eigenvalue weighted by Crippen LogP contribution is 2.50. The summed E-state index contributed by atoms with van der Waals surface area (Å²) in [5, 5.41) is 20.3. The van der Waals surface area contributed by atoms with E-state index in [2.05, 4.69) is 16.0 Å². The van der Waals surface area contributed by atoms with Gasteiger partial charge in [-0.15, -0.1) is 0 Å². The first-order valence-corrected chi connectivity index (χ1v) is 29.5. The molecule has 0 radical (unpaired) electrons. The van der Waals surface area contributed by atoms with Gasteiger partial charge in [0.1, 0.15) is 51.8 Å². The number of nitrogens with one attached hydrogen (secondary N) is 3. The minimum Gasteiger partial charge on any atom is -0.496 e. The number of benzene rings is 2. The third-order valence-corrected chi connectivity index (χ3v) is 16.7. The summed E-state index contributed by atoms with van der Waals surface area (Å²) in [5.41, 5.74) is 4.95. The lowest BCUT2D eigenvalue weighted by Gasteiger charge is -2.41. The molecular weight excluding hydrogens is 1110 g/mol. The second-order valence-corrected chi connectivity index (χ2v) is 23.3. The maximum Gasteiger partial charge on any atom is 0.412 e. The number of nitrogens with two attached hydrogens (primary N) is 1. The number of halogens is 1. The number of Topliss-reactive ketones (excluding diaryl/α,β-unsaturated/α-hetero) is 2. The largest absolute Gasteiger partial charge is 0.496 e. The Bertz CT molecular complexity index is 2730. The molecule has 0 spiro atoms. The van der Waals surface area contributed by atoms with Crippen molar-refractivity contribution in [2.45, 2.75) is 180 Å². The number of allylic oxidation sites excluding steroid dienone is 3. The first kappa shape index (κ1) is 68.2. The van der Waals surface area contributed by atoms with E-state index in [0.717, 1.165) is 11.1 Å². The molecule has 2 saturated heterocycles. The molecule has 21 nitrogen and oxygen atoms in total. The number of aliphatic hydroxyl groups is 1. The van der Waals surface area contributed by atoms with Crippen molar-refractivity contribution in [1.82, 2.24) is 10.6 Å². The van der Waals surface area contributed by atoms with Gasteiger partial charge >= 0.3 is 24.1 Å². The summed E-state index contributed by atoms with van der Waals surface area (Å²) in [4.78, 5) is 108. The summed E-state index contributed by atoms with van der Waals surface area (Å²) < 4.78 is 40.8. The second kappa shape index (κ2) is 31.5. The Kier molecular flexibility index (Phi) is 25.6. The standard InChI is InChI=1S/C62H88ClN5O16/c1-12-40(13-2)58(74)81-26-16-14-15-20-43(69)32-44(36(3)4)57(73)67-45(21-18-25-65-59(64)75)47(70)30-41-23-24-42(31-48(41)78-9)66-60(76)83-52-33-53(71)68(8)46-28-39(29-49(79-10)55(46)63)27-37(5)19-17-22-51(80-11)62(77)34-50(82-54(72)35-62)38(6)56-61(52,7)84-56/h17,19,22-24,28-29,31,36,38,40,44-45,50-52,56,77H,12-16,18,20-21,25-27,30,32-35H2,1-11H3,(H,66,76)(H,67,73)(H3,64,65,75)/b22-17+,37-19+/t38-,44+,45+,50+,51-,52+,56+,61+,62-/m1/s1. The molecule has 0 aliphatic carbocycles. The van der Waals surface area contributed by atoms with Gasteiger partial charge in [0.25, 0.3) is 0 Å². The molecule has 22 heteroatoms. The molecule has 2 aromatic carbocycles. The molecule has 2 fully saturated rings. The second-order valence-electron chi connectivity index (χ2n) is 22.9. The first-order chi connectivity index (χ1) is 39.8. The fourth-order valence-corrected chi connectivity index (χ4v) is 11.3. The molecule has 0 saturated carbocycles. The number of hydrogen-bond acceptors (Lipinski definition) is 16. The van der Waals surface area contributed by atoms with Crippen LogP contribution in [0.4, 0.5) is 21.0 Å². The molecule has 84 heavy (non-hydrogen) atoms. The van der Waals surface area contributed by atoms with E-state index in [9.17, 15) is 43.5 Å². The number of epoxide rings is 1. The summed E-state index contributed by atoms with van der Waals surface area (Å²) >= 11 is 6.86. The van der Waals surface area contributed by atoms with E-state index in [1.54, 1.807) is 51.2 Å². The molecule has 9 atom stereocenters. The number of hydrogen-bond donors (Lipinski definition) is 5. The third-order valence-electron chi connectivity index (χ3n) is 16.3. The molecular formula is C62H88ClN5O16. The van der Waals surface area contributed by atoms with E-state index in [1.165, 1.54) is 38.4 Å². The van der Waals surface area contributed by atoms with Gasteiger partial charge in [-0.05, 0) is 94.9 Å². The number of carbonyl (C=O) groups is 8. The van der Waals surface area contributed by atoms with Crippen molar-refractivity contribution >= 4 is 70.4 Å². The van der Waals surface area contributed by atoms with E-state index in [0.29, 0.717) is 55.5 Å². The normalized spacial score (nSPS) is 24.3. The molecule has 4 bridgehead atoms. The number of ketones is 2. The summed E-state index contributed by atoms with van der Waals surface area (Å²) in [6.07, 6.45) is 3.98. The van der Waals surface area contributed by atoms with E-state index in [4.69, 9.17) is 50.5 Å². The molecule has 464 valence electrons. The molecule has 3 aliphatic heterocycles. The molecule has 2 aromatic rings. The predicted octanol–water partition coefficient (Wildman–Crippen LogP) is 8.45. The number of carbonyl (C=O) groups excluding carboxylic acids is 8. The van der Waals surface area contributed by atoms with Gasteiger partial charge in [0.05, 0.1) is 57.4 Å². The highest BCUT2D eigenvalue weighted by molar-refractivity contribution is 6.35. The van der Waals surface area contributed by atoms with Crippen molar-refractivity contribution in [3.63, 3.8) is 0 Å². The van der Waals surface area contributed by atoms with E-state index in [1.807, 2.05) is 40.7 Å². The molecule has 6 N–H and O–H groups in total. The fraction of sp³-hybridized carbons (Fsp3) is 0.613. The van der Waals surface area contributed by atoms with Crippen LogP contribution in [0.5, 0.6) is 11.5 Å². The van der Waals surface area contributed by atoms with Crippen LogP contribution >= 0.6 is 11.6 Å². The number of ether oxygens (including phenoxy) is 7. The zero-order valence-corrected chi connectivity index (χ0v) is 51.4. The smallest absolute Gasteiger partial charge is 0.412 e. The zero-order chi connectivity index (χ0) is 62.1. The van der Waals surface area contributed by atoms with Gasteiger partial charge in [-0.1, -0.05) is 76.1 Å². The molecule has 5 rings (SSSR count). The lowest BCUT2D eigenvalue weighted by molar-refractivity contribution is -0.187. The average Bonchev–Trinajstić information content (AvgIpc) is 1.77. The van der Waals surface area contributed by atoms with Crippen LogP contribution in [0.2, 0.25) is 5.02 Å². The van der Waals surface area contributed by atoms with Crippen molar-refractivity contribution in [3.8, 4) is 11.5 Å². The number of anilines is 2. The van der Waals surface area contributed by atoms with Gasteiger partial charge in [-0.2, -0.15) is 0 Å². The number of nitrogens with zero attached hydrogens (tertiary/aromatic N) is 1. The van der Waals surface area contributed by atoms with Gasteiger partial charge in [-0.3, -0.25) is 34.1 Å². The van der Waals surface area contributed by atoms with Crippen LogP contribution in [0.25, 0.3) is 0 Å². The van der Waals surface area contributed by atoms with Crippen molar-refractivity contribution in [2.75, 3.05) is 51.7 Å². The fourth-order valence-electron chi connectivity index (χ4n) is 11.0. The number of fused-ring (bicyclic) bond motifs is 5. The summed E-state index contributed by atoms with van der Waals surface area (Å²) in [6.45, 7) is 13.4. The summed E-state index contributed by atoms with van der Waals surface area (Å²) in [5.74, 6) is -3.45. The van der Waals surface area contributed by atoms with Crippen LogP contribution in [0.1, 0.15) is 137 Å². The Morgan fingerprint density at radius 2 is 1.69 bits per heavy atom. The summed E-state index contributed by atoms with van der Waals surface area (Å²) in [6, 6.07) is 6.36. The average molecular weight is 1190 g/mol. The highest BCUT2D eigenvalue weighted by Gasteiger charge is 2.64. The van der Waals surface area contributed by atoms with Gasteiger partial charge in [0.2, 0.25) is 11.8 Å². The van der Waals surface area contributed by atoms with Crippen LogP contribution < -0.4 is 36.1 Å². The van der Waals surface area contributed by atoms with Crippen molar-refractivity contribution in [3.05, 3.63) is 70.3 Å². The quantitative estimate of drug-likeness (QED) is 0.0255. The van der Waals surface area contributed by atoms with Gasteiger partial charge in [-0.25, -0.2) is 9.59 Å². The molecule has 3 aliphatic rings. The predicted molar refractivity (Wildman–Crippen MR) is 316 cm³/mol. The minimum atomic E-state index is -1.65. The first-order valence-electron chi connectivity index (χ1n) is 29.1. The van der Waals surface area contributed by atoms with E-state index < -0.39 is 95.6 Å². The Morgan fingerprint density at radius 1 is 0.976 bits per heavy atom. The highest BCUT2D eigenvalue weighted by atomic mass is 35.5. The number of esters is 2. The summed E-state index contributed by atoms with van der Waals surface area (Å²) in [7, 11) is 5.85. The van der Waals surface area contributed by atoms with Crippen molar-refractivity contribution in [2.24, 2.45) is 29.4 Å². The van der Waals surface area contributed by atoms with Gasteiger partial charge in [0.15, 0.2) is 5.78 Å². The lowest BCUT2D eigenvalue weighted by Crippen LogP contribution is -2.53. The Hall–Kier alpha value is -6.55. The van der Waals surface area contributed by atoms with Crippen LogP contribution in [0.15, 0.2) is 54.1 Å². The SMILES string of the molecule is CCC(CC)C(=O)OCCCCCC(=O)C[C@H](C(=O)N[C@@H](CCCNC(N)=O)C(=O)Cc1ccc(NC(=O)O[C@H]2CC(=O)N(C)c3cc(cc(OC)c3Cl)C/C(C)=C/C=C/[C@@H](OC)[C@]3(O)CC(=O)O[C@@H](C3)[C@@H](C)[C@@H]3O[C@@]23C)cc1OC)C(C)C. The molecule has 0 aromatic heterocycles. The zero-order valence-electron chi connectivity index (χ0n) is 50.6. The number of methoxy groups -OCH3 is 3. The van der Waals surface area contributed by atoms with E-state index in [-0.39, 0.29) is 98.1 Å². The lowest BCUT2D eigenvalue weighted by atomic mass is 9.78. The van der Waals surface area contributed by atoms with Crippen molar-refractivity contribution in [1.29, 1.82) is 0 Å². The van der Waals surface area contributed by atoms with Gasteiger partial charge < -0.3 is 59.5 Å². The minimum absolute atomic E-state index is 0.00328. The number of rotatable bonds is 26.